The van der Waals surface area contributed by atoms with Gasteiger partial charge in [0.1, 0.15) is 13.8 Å². The van der Waals surface area contributed by atoms with Crippen molar-refractivity contribution in [3.63, 3.8) is 0 Å². The normalized spacial score (nSPS) is 10.6. The van der Waals surface area contributed by atoms with Crippen molar-refractivity contribution in [2.75, 3.05) is 31.7 Å². The van der Waals surface area contributed by atoms with Gasteiger partial charge in [-0.15, -0.1) is 5.54 Å². The van der Waals surface area contributed by atoms with Gasteiger partial charge in [0.2, 0.25) is 0 Å². The molecule has 0 saturated carbocycles. The van der Waals surface area contributed by atoms with Crippen molar-refractivity contribution < 1.29 is 14.3 Å². The number of carbonyl (C=O) groups is 1. The lowest BCUT2D eigenvalue weighted by atomic mass is 10.2. The summed E-state index contributed by atoms with van der Waals surface area (Å²) in [5.41, 5.74) is 5.44. The van der Waals surface area contributed by atoms with Crippen molar-refractivity contribution in [2.24, 2.45) is 0 Å². The average molecular weight is 362 g/mol. The third kappa shape index (κ3) is 8.13. The number of carbonyl (C=O) groups excluding carboxylic acids is 1. The van der Waals surface area contributed by atoms with Gasteiger partial charge in [0.15, 0.2) is 0 Å². The third-order valence-electron chi connectivity index (χ3n) is 3.51. The van der Waals surface area contributed by atoms with Crippen molar-refractivity contribution in [2.45, 2.75) is 46.3 Å². The van der Waals surface area contributed by atoms with Crippen LogP contribution in [-0.4, -0.2) is 40.8 Å². The van der Waals surface area contributed by atoms with Crippen LogP contribution < -0.4 is 9.64 Å². The Hall–Kier alpha value is -1.93. The molecule has 0 aliphatic rings. The summed E-state index contributed by atoms with van der Waals surface area (Å²) in [7, 11) is 0.638. The van der Waals surface area contributed by atoms with Gasteiger partial charge in [-0.1, -0.05) is 25.6 Å². The van der Waals surface area contributed by atoms with Gasteiger partial charge in [0, 0.05) is 25.6 Å². The topological polar surface area (TPSA) is 38.8 Å². The Labute approximate surface area is 153 Å². The number of nitrogens with zero attached hydrogens (tertiary/aromatic N) is 1. The van der Waals surface area contributed by atoms with Crippen LogP contribution in [0.1, 0.15) is 32.3 Å². The smallest absolute Gasteiger partial charge is 0.305 e. The van der Waals surface area contributed by atoms with E-state index in [1.54, 1.807) is 0 Å². The van der Waals surface area contributed by atoms with E-state index in [1.807, 2.05) is 26.1 Å². The molecule has 0 radical (unpaired) electrons. The SMILES string of the molecule is CCOC(=O)CCCOc1ccc(C#C[Si](C)(C)C)cc1N(C)CC. The van der Waals surface area contributed by atoms with Crippen LogP contribution in [0.25, 0.3) is 0 Å². The van der Waals surface area contributed by atoms with E-state index in [2.05, 4.69) is 49.0 Å². The largest absolute Gasteiger partial charge is 0.491 e. The summed E-state index contributed by atoms with van der Waals surface area (Å²) < 4.78 is 10.8. The molecule has 0 aliphatic heterocycles. The molecule has 0 aromatic heterocycles. The molecule has 0 aliphatic carbocycles. The fraction of sp³-hybridized carbons (Fsp3) is 0.550. The van der Waals surface area contributed by atoms with Crippen LogP contribution in [-0.2, 0) is 9.53 Å². The van der Waals surface area contributed by atoms with E-state index < -0.39 is 8.07 Å². The van der Waals surface area contributed by atoms with Gasteiger partial charge >= 0.3 is 5.97 Å². The van der Waals surface area contributed by atoms with Crippen LogP contribution in [0.2, 0.25) is 19.6 Å². The highest BCUT2D eigenvalue weighted by atomic mass is 28.3. The first-order valence-corrected chi connectivity index (χ1v) is 12.4. The van der Waals surface area contributed by atoms with E-state index in [9.17, 15) is 4.79 Å². The third-order valence-corrected chi connectivity index (χ3v) is 4.39. The Kier molecular flexibility index (Phi) is 8.57. The number of hydrogen-bond donors (Lipinski definition) is 0. The Balaban J connectivity index is 2.81. The quantitative estimate of drug-likeness (QED) is 0.302. The molecule has 5 heteroatoms. The van der Waals surface area contributed by atoms with Crippen molar-refractivity contribution in [3.05, 3.63) is 23.8 Å². The molecule has 0 spiro atoms. The van der Waals surface area contributed by atoms with Crippen LogP contribution >= 0.6 is 0 Å². The zero-order chi connectivity index (χ0) is 18.9. The van der Waals surface area contributed by atoms with Crippen molar-refractivity contribution in [1.82, 2.24) is 0 Å². The molecule has 0 unspecified atom stereocenters. The highest BCUT2D eigenvalue weighted by molar-refractivity contribution is 6.83. The second kappa shape index (κ2) is 10.1. The first-order valence-electron chi connectivity index (χ1n) is 8.93. The second-order valence-electron chi connectivity index (χ2n) is 6.95. The number of benzene rings is 1. The Morgan fingerprint density at radius 1 is 1.24 bits per heavy atom. The van der Waals surface area contributed by atoms with Crippen LogP contribution in [0.4, 0.5) is 5.69 Å². The number of rotatable bonds is 8. The summed E-state index contributed by atoms with van der Waals surface area (Å²) in [6.07, 6.45) is 1.03. The van der Waals surface area contributed by atoms with Gasteiger partial charge in [0.05, 0.1) is 18.9 Å². The van der Waals surface area contributed by atoms with Crippen molar-refractivity contribution in [3.8, 4) is 17.2 Å². The molecule has 1 rings (SSSR count). The first-order chi connectivity index (χ1) is 11.8. The fourth-order valence-electron chi connectivity index (χ4n) is 2.08. The zero-order valence-corrected chi connectivity index (χ0v) is 17.4. The van der Waals surface area contributed by atoms with Crippen LogP contribution in [0.3, 0.4) is 0 Å². The molecule has 0 bridgehead atoms. The van der Waals surface area contributed by atoms with E-state index >= 15 is 0 Å². The molecule has 0 amide bonds. The number of ether oxygens (including phenoxy) is 2. The molecule has 0 heterocycles. The van der Waals surface area contributed by atoms with Gasteiger partial charge in [-0.2, -0.15) is 0 Å². The van der Waals surface area contributed by atoms with Gasteiger partial charge in [-0.05, 0) is 38.5 Å². The summed E-state index contributed by atoms with van der Waals surface area (Å²) in [4.78, 5) is 13.5. The minimum atomic E-state index is -1.40. The highest BCUT2D eigenvalue weighted by Gasteiger charge is 2.11. The molecule has 25 heavy (non-hydrogen) atoms. The highest BCUT2D eigenvalue weighted by Crippen LogP contribution is 2.29. The maximum Gasteiger partial charge on any atom is 0.305 e. The van der Waals surface area contributed by atoms with Gasteiger partial charge in [-0.25, -0.2) is 0 Å². The predicted molar refractivity (Wildman–Crippen MR) is 107 cm³/mol. The van der Waals surface area contributed by atoms with Crippen molar-refractivity contribution in [1.29, 1.82) is 0 Å². The molecule has 0 fully saturated rings. The maximum atomic E-state index is 11.4. The first kappa shape index (κ1) is 21.1. The molecule has 0 atom stereocenters. The van der Waals surface area contributed by atoms with E-state index in [0.29, 0.717) is 26.1 Å². The van der Waals surface area contributed by atoms with Crippen LogP contribution in [0.15, 0.2) is 18.2 Å². The minimum absolute atomic E-state index is 0.172. The molecule has 4 nitrogen and oxygen atoms in total. The maximum absolute atomic E-state index is 11.4. The Morgan fingerprint density at radius 2 is 1.96 bits per heavy atom. The Bertz CT molecular complexity index is 626. The van der Waals surface area contributed by atoms with Crippen LogP contribution in [0.5, 0.6) is 5.75 Å². The lowest BCUT2D eigenvalue weighted by Gasteiger charge is -2.21. The molecular formula is C20H31NO3Si. The van der Waals surface area contributed by atoms with E-state index in [4.69, 9.17) is 9.47 Å². The van der Waals surface area contributed by atoms with E-state index in [-0.39, 0.29) is 5.97 Å². The van der Waals surface area contributed by atoms with E-state index in [1.165, 1.54) is 0 Å². The second-order valence-corrected chi connectivity index (χ2v) is 11.7. The molecule has 1 aromatic rings. The number of hydrogen-bond acceptors (Lipinski definition) is 4. The predicted octanol–water partition coefficient (Wildman–Crippen LogP) is 4.09. The minimum Gasteiger partial charge on any atom is -0.491 e. The molecule has 138 valence electrons. The summed E-state index contributed by atoms with van der Waals surface area (Å²) >= 11 is 0. The molecule has 1 aromatic carbocycles. The average Bonchev–Trinajstić information content (AvgIpc) is 2.56. The van der Waals surface area contributed by atoms with Crippen molar-refractivity contribution >= 4 is 19.7 Å². The van der Waals surface area contributed by atoms with Gasteiger partial charge < -0.3 is 14.4 Å². The monoisotopic (exact) mass is 361 g/mol. The number of esters is 1. The van der Waals surface area contributed by atoms with Gasteiger partial charge in [0.25, 0.3) is 0 Å². The fourth-order valence-corrected chi connectivity index (χ4v) is 2.60. The lowest BCUT2D eigenvalue weighted by molar-refractivity contribution is -0.143. The standard InChI is InChI=1S/C20H31NO3Si/c1-7-21(3)18-16-17(13-15-25(4,5)6)11-12-19(18)24-14-9-10-20(22)23-8-2/h11-12,16H,7-10,14H2,1-6H3. The summed E-state index contributed by atoms with van der Waals surface area (Å²) in [6.45, 7) is 12.4. The zero-order valence-electron chi connectivity index (χ0n) is 16.4. The summed E-state index contributed by atoms with van der Waals surface area (Å²) in [5, 5.41) is 0. The van der Waals surface area contributed by atoms with E-state index in [0.717, 1.165) is 23.5 Å². The lowest BCUT2D eigenvalue weighted by Crippen LogP contribution is -2.18. The number of anilines is 1. The van der Waals surface area contributed by atoms with Gasteiger partial charge in [-0.3, -0.25) is 4.79 Å². The summed E-state index contributed by atoms with van der Waals surface area (Å²) in [6, 6.07) is 6.05. The molecule has 0 N–H and O–H groups in total. The Morgan fingerprint density at radius 3 is 2.56 bits per heavy atom. The summed E-state index contributed by atoms with van der Waals surface area (Å²) in [5.74, 6) is 3.95. The molecular weight excluding hydrogens is 330 g/mol. The molecule has 0 saturated heterocycles. The van der Waals surface area contributed by atoms with Crippen LogP contribution in [0, 0.1) is 11.5 Å².